The first-order valence-corrected chi connectivity index (χ1v) is 6.87. The molecule has 0 aliphatic carbocycles. The highest BCUT2D eigenvalue weighted by Crippen LogP contribution is 2.20. The minimum atomic E-state index is 0.604. The van der Waals surface area contributed by atoms with Gasteiger partial charge in [0.1, 0.15) is 0 Å². The molecule has 0 spiro atoms. The van der Waals surface area contributed by atoms with E-state index in [9.17, 15) is 0 Å². The van der Waals surface area contributed by atoms with Crippen LogP contribution in [0, 0.1) is 6.92 Å². The van der Waals surface area contributed by atoms with Gasteiger partial charge >= 0.3 is 0 Å². The van der Waals surface area contributed by atoms with Gasteiger partial charge in [0.15, 0.2) is 0 Å². The number of fused-ring (bicyclic) bond motifs is 1. The lowest BCUT2D eigenvalue weighted by molar-refractivity contribution is 0.733. The Kier molecular flexibility index (Phi) is 2.80. The predicted molar refractivity (Wildman–Crippen MR) is 76.9 cm³/mol. The van der Waals surface area contributed by atoms with Crippen LogP contribution in [0.1, 0.15) is 10.4 Å². The van der Waals surface area contributed by atoms with Crippen molar-refractivity contribution in [1.29, 1.82) is 0 Å². The molecule has 3 aromatic rings. The molecule has 0 saturated carbocycles. The molecule has 0 aliphatic heterocycles. The van der Waals surface area contributed by atoms with Gasteiger partial charge in [-0.15, -0.1) is 11.3 Å². The van der Waals surface area contributed by atoms with E-state index in [2.05, 4.69) is 52.2 Å². The first-order chi connectivity index (χ1) is 8.74. The molecule has 0 unspecified atom stereocenters. The van der Waals surface area contributed by atoms with Crippen LogP contribution in [0.2, 0.25) is 0 Å². The van der Waals surface area contributed by atoms with Gasteiger partial charge in [0.05, 0.1) is 11.0 Å². The second-order valence-corrected chi connectivity index (χ2v) is 5.48. The molecule has 4 heteroatoms. The normalized spacial score (nSPS) is 11.2. The van der Waals surface area contributed by atoms with Gasteiger partial charge in [0.25, 0.3) is 0 Å². The van der Waals surface area contributed by atoms with Gasteiger partial charge in [0.2, 0.25) is 5.95 Å². The molecule has 92 valence electrons. The summed E-state index contributed by atoms with van der Waals surface area (Å²) in [5, 5.41) is 2.11. The maximum atomic E-state index is 6.00. The Labute approximate surface area is 110 Å². The van der Waals surface area contributed by atoms with E-state index in [0.29, 0.717) is 5.95 Å². The summed E-state index contributed by atoms with van der Waals surface area (Å²) in [5.74, 6) is 0.604. The van der Waals surface area contributed by atoms with Crippen LogP contribution >= 0.6 is 11.3 Å². The first-order valence-electron chi connectivity index (χ1n) is 5.99. The molecular formula is C14H15N3S. The van der Waals surface area contributed by atoms with Gasteiger partial charge in [-0.3, -0.25) is 0 Å². The van der Waals surface area contributed by atoms with Gasteiger partial charge < -0.3 is 10.3 Å². The molecule has 0 bridgehead atoms. The summed E-state index contributed by atoms with van der Waals surface area (Å²) in [4.78, 5) is 5.80. The standard InChI is InChI=1S/C14H15N3S/c1-10-4-5-13-12(9-10)16-14(15)17(13)7-6-11-3-2-8-18-11/h2-5,8-9H,6-7H2,1H3,(H2,15,16). The SMILES string of the molecule is Cc1ccc2c(c1)nc(N)n2CCc1cccs1. The molecule has 3 rings (SSSR count). The summed E-state index contributed by atoms with van der Waals surface area (Å²) in [6.45, 7) is 2.95. The van der Waals surface area contributed by atoms with E-state index in [1.165, 1.54) is 10.4 Å². The molecule has 0 saturated heterocycles. The third-order valence-electron chi connectivity index (χ3n) is 3.10. The number of imidazole rings is 1. The van der Waals surface area contributed by atoms with Crippen molar-refractivity contribution in [3.63, 3.8) is 0 Å². The van der Waals surface area contributed by atoms with Gasteiger partial charge in [-0.05, 0) is 42.5 Å². The van der Waals surface area contributed by atoms with Gasteiger partial charge in [-0.1, -0.05) is 12.1 Å². The molecule has 2 N–H and O–H groups in total. The molecule has 0 amide bonds. The van der Waals surface area contributed by atoms with Gasteiger partial charge in [-0.2, -0.15) is 0 Å². The Bertz CT molecular complexity index is 668. The summed E-state index contributed by atoms with van der Waals surface area (Å²) < 4.78 is 2.09. The van der Waals surface area contributed by atoms with Crippen LogP contribution in [0.15, 0.2) is 35.7 Å². The van der Waals surface area contributed by atoms with Crippen LogP contribution in [-0.4, -0.2) is 9.55 Å². The maximum Gasteiger partial charge on any atom is 0.201 e. The van der Waals surface area contributed by atoms with Crippen molar-refractivity contribution in [2.24, 2.45) is 0 Å². The fraction of sp³-hybridized carbons (Fsp3) is 0.214. The average Bonchev–Trinajstić information content (AvgIpc) is 2.93. The molecular weight excluding hydrogens is 242 g/mol. The quantitative estimate of drug-likeness (QED) is 0.783. The van der Waals surface area contributed by atoms with E-state index < -0.39 is 0 Å². The van der Waals surface area contributed by atoms with Crippen molar-refractivity contribution in [2.75, 3.05) is 5.73 Å². The van der Waals surface area contributed by atoms with Crippen molar-refractivity contribution in [3.05, 3.63) is 46.2 Å². The van der Waals surface area contributed by atoms with E-state index in [-0.39, 0.29) is 0 Å². The third-order valence-corrected chi connectivity index (χ3v) is 4.03. The molecule has 0 radical (unpaired) electrons. The van der Waals surface area contributed by atoms with Crippen LogP contribution < -0.4 is 5.73 Å². The number of anilines is 1. The molecule has 2 heterocycles. The number of rotatable bonds is 3. The number of hydrogen-bond acceptors (Lipinski definition) is 3. The van der Waals surface area contributed by atoms with E-state index in [1.807, 2.05) is 0 Å². The van der Waals surface area contributed by atoms with E-state index in [4.69, 9.17) is 5.73 Å². The number of hydrogen-bond donors (Lipinski definition) is 1. The minimum absolute atomic E-state index is 0.604. The monoisotopic (exact) mass is 257 g/mol. The second kappa shape index (κ2) is 4.46. The summed E-state index contributed by atoms with van der Waals surface area (Å²) in [5.41, 5.74) is 9.32. The molecule has 0 fully saturated rings. The van der Waals surface area contributed by atoms with Crippen LogP contribution in [-0.2, 0) is 13.0 Å². The Morgan fingerprint density at radius 1 is 1.33 bits per heavy atom. The highest BCUT2D eigenvalue weighted by atomic mass is 32.1. The summed E-state index contributed by atoms with van der Waals surface area (Å²) in [6, 6.07) is 10.5. The van der Waals surface area contributed by atoms with Crippen molar-refractivity contribution in [3.8, 4) is 0 Å². The lowest BCUT2D eigenvalue weighted by atomic mass is 10.2. The Hall–Kier alpha value is -1.81. The van der Waals surface area contributed by atoms with Crippen molar-refractivity contribution in [2.45, 2.75) is 19.9 Å². The molecule has 0 aliphatic rings. The molecule has 1 aromatic carbocycles. The fourth-order valence-corrected chi connectivity index (χ4v) is 2.87. The number of nitrogen functional groups attached to an aromatic ring is 1. The van der Waals surface area contributed by atoms with Crippen LogP contribution in [0.4, 0.5) is 5.95 Å². The summed E-state index contributed by atoms with van der Waals surface area (Å²) >= 11 is 1.78. The Balaban J connectivity index is 1.93. The number of benzene rings is 1. The highest BCUT2D eigenvalue weighted by molar-refractivity contribution is 7.09. The highest BCUT2D eigenvalue weighted by Gasteiger charge is 2.08. The third kappa shape index (κ3) is 1.99. The van der Waals surface area contributed by atoms with Gasteiger partial charge in [-0.25, -0.2) is 4.98 Å². The summed E-state index contributed by atoms with van der Waals surface area (Å²) in [6.07, 6.45) is 1.00. The lowest BCUT2D eigenvalue weighted by Gasteiger charge is -2.05. The minimum Gasteiger partial charge on any atom is -0.369 e. The number of aromatic nitrogens is 2. The zero-order valence-electron chi connectivity index (χ0n) is 10.3. The number of nitrogens with two attached hydrogens (primary N) is 1. The molecule has 2 aromatic heterocycles. The van der Waals surface area contributed by atoms with Crippen molar-refractivity contribution >= 4 is 28.3 Å². The van der Waals surface area contributed by atoms with E-state index in [0.717, 1.165) is 24.0 Å². The van der Waals surface area contributed by atoms with E-state index in [1.54, 1.807) is 11.3 Å². The Morgan fingerprint density at radius 3 is 3.00 bits per heavy atom. The molecule has 3 nitrogen and oxygen atoms in total. The second-order valence-electron chi connectivity index (χ2n) is 4.44. The van der Waals surface area contributed by atoms with Crippen molar-refractivity contribution < 1.29 is 0 Å². The maximum absolute atomic E-state index is 6.00. The topological polar surface area (TPSA) is 43.8 Å². The fourth-order valence-electron chi connectivity index (χ4n) is 2.17. The van der Waals surface area contributed by atoms with Crippen LogP contribution in [0.5, 0.6) is 0 Å². The molecule has 0 atom stereocenters. The largest absolute Gasteiger partial charge is 0.369 e. The number of thiophene rings is 1. The number of aryl methyl sites for hydroxylation is 3. The number of nitrogens with zero attached hydrogens (tertiary/aromatic N) is 2. The van der Waals surface area contributed by atoms with Crippen LogP contribution in [0.3, 0.4) is 0 Å². The lowest BCUT2D eigenvalue weighted by Crippen LogP contribution is -2.05. The average molecular weight is 257 g/mol. The predicted octanol–water partition coefficient (Wildman–Crippen LogP) is 3.23. The Morgan fingerprint density at radius 2 is 2.22 bits per heavy atom. The van der Waals surface area contributed by atoms with Crippen molar-refractivity contribution in [1.82, 2.24) is 9.55 Å². The zero-order valence-corrected chi connectivity index (χ0v) is 11.1. The molecule has 18 heavy (non-hydrogen) atoms. The smallest absolute Gasteiger partial charge is 0.201 e. The summed E-state index contributed by atoms with van der Waals surface area (Å²) in [7, 11) is 0. The van der Waals surface area contributed by atoms with Gasteiger partial charge in [0, 0.05) is 11.4 Å². The van der Waals surface area contributed by atoms with Crippen LogP contribution in [0.25, 0.3) is 11.0 Å². The first kappa shape index (κ1) is 11.3. The van der Waals surface area contributed by atoms with E-state index >= 15 is 0 Å². The zero-order chi connectivity index (χ0) is 12.5.